The van der Waals surface area contributed by atoms with Crippen molar-refractivity contribution in [3.63, 3.8) is 0 Å². The second-order valence-corrected chi connectivity index (χ2v) is 7.11. The molecule has 0 radical (unpaired) electrons. The number of halogens is 1. The Morgan fingerprint density at radius 3 is 2.66 bits per heavy atom. The molecule has 2 aliphatic heterocycles. The molecule has 1 atom stereocenters. The molecule has 1 unspecified atom stereocenters. The van der Waals surface area contributed by atoms with Gasteiger partial charge in [0.05, 0.1) is 11.3 Å². The standard InChI is InChI=1S/C21H23N3O4.ClH/c1-13(15-10-22-11-15)20(25)24-17-5-3-2-4-16(17)21(26)23-9-14-6-7-18-19(8-14)28-12-27-18;/h2-8,13,15,22H,9-12H2,1H3,(H,23,26)(H,24,25);1H. The summed E-state index contributed by atoms with van der Waals surface area (Å²) in [5.74, 6) is 1.31. The molecular weight excluding hydrogens is 394 g/mol. The molecule has 1 saturated heterocycles. The second kappa shape index (κ2) is 9.15. The number of para-hydroxylation sites is 1. The highest BCUT2D eigenvalue weighted by atomic mass is 35.5. The number of nitrogens with one attached hydrogen (secondary N) is 3. The highest BCUT2D eigenvalue weighted by Gasteiger charge is 2.29. The second-order valence-electron chi connectivity index (χ2n) is 7.11. The van der Waals surface area contributed by atoms with Crippen molar-refractivity contribution in [2.24, 2.45) is 11.8 Å². The third-order valence-corrected chi connectivity index (χ3v) is 5.25. The number of ether oxygens (including phenoxy) is 2. The average Bonchev–Trinajstić information content (AvgIpc) is 3.13. The van der Waals surface area contributed by atoms with Gasteiger partial charge in [0.2, 0.25) is 12.7 Å². The van der Waals surface area contributed by atoms with Gasteiger partial charge in [-0.15, -0.1) is 12.4 Å². The van der Waals surface area contributed by atoms with Gasteiger partial charge in [0.25, 0.3) is 5.91 Å². The number of carbonyl (C=O) groups is 2. The van der Waals surface area contributed by atoms with Gasteiger partial charge in [0, 0.05) is 12.5 Å². The van der Waals surface area contributed by atoms with Crippen LogP contribution in [0, 0.1) is 11.8 Å². The highest BCUT2D eigenvalue weighted by molar-refractivity contribution is 6.04. The number of anilines is 1. The number of fused-ring (bicyclic) bond motifs is 1. The minimum absolute atomic E-state index is 0. The molecule has 29 heavy (non-hydrogen) atoms. The van der Waals surface area contributed by atoms with Crippen LogP contribution in [0.15, 0.2) is 42.5 Å². The molecule has 7 nitrogen and oxygen atoms in total. The van der Waals surface area contributed by atoms with Crippen LogP contribution in [-0.4, -0.2) is 31.7 Å². The van der Waals surface area contributed by atoms with Gasteiger partial charge in [-0.25, -0.2) is 0 Å². The van der Waals surface area contributed by atoms with Crippen molar-refractivity contribution in [2.75, 3.05) is 25.2 Å². The number of benzene rings is 2. The lowest BCUT2D eigenvalue weighted by Gasteiger charge is -2.31. The van der Waals surface area contributed by atoms with Crippen LogP contribution in [0.5, 0.6) is 11.5 Å². The van der Waals surface area contributed by atoms with E-state index in [1.165, 1.54) is 0 Å². The lowest BCUT2D eigenvalue weighted by atomic mass is 9.88. The number of carbonyl (C=O) groups excluding carboxylic acids is 2. The SMILES string of the molecule is CC(C(=O)Nc1ccccc1C(=O)NCc1ccc2c(c1)OCO2)C1CNC1.Cl. The van der Waals surface area contributed by atoms with Gasteiger partial charge >= 0.3 is 0 Å². The molecular formula is C21H24ClN3O4. The van der Waals surface area contributed by atoms with Crippen LogP contribution in [0.2, 0.25) is 0 Å². The topological polar surface area (TPSA) is 88.7 Å². The Hall–Kier alpha value is -2.77. The lowest BCUT2D eigenvalue weighted by molar-refractivity contribution is -0.121. The van der Waals surface area contributed by atoms with Crippen LogP contribution in [0.1, 0.15) is 22.8 Å². The average molecular weight is 418 g/mol. The fourth-order valence-electron chi connectivity index (χ4n) is 3.24. The van der Waals surface area contributed by atoms with Gasteiger partial charge in [-0.3, -0.25) is 9.59 Å². The molecule has 2 amide bonds. The molecule has 2 aromatic carbocycles. The maximum absolute atomic E-state index is 12.7. The molecule has 4 rings (SSSR count). The van der Waals surface area contributed by atoms with Crippen molar-refractivity contribution in [1.29, 1.82) is 0 Å². The van der Waals surface area contributed by atoms with Gasteiger partial charge in [0.1, 0.15) is 0 Å². The van der Waals surface area contributed by atoms with Gasteiger partial charge in [-0.2, -0.15) is 0 Å². The molecule has 0 bridgehead atoms. The van der Waals surface area contributed by atoms with E-state index in [2.05, 4.69) is 16.0 Å². The molecule has 0 aliphatic carbocycles. The molecule has 0 spiro atoms. The predicted octanol–water partition coefficient (Wildman–Crippen LogP) is 2.56. The van der Waals surface area contributed by atoms with Crippen molar-refractivity contribution in [2.45, 2.75) is 13.5 Å². The maximum Gasteiger partial charge on any atom is 0.253 e. The fourth-order valence-corrected chi connectivity index (χ4v) is 3.24. The molecule has 8 heteroatoms. The van der Waals surface area contributed by atoms with Crippen molar-refractivity contribution < 1.29 is 19.1 Å². The van der Waals surface area contributed by atoms with E-state index in [4.69, 9.17) is 9.47 Å². The first-order valence-corrected chi connectivity index (χ1v) is 9.39. The fraction of sp³-hybridized carbons (Fsp3) is 0.333. The molecule has 0 saturated carbocycles. The molecule has 2 heterocycles. The van der Waals surface area contributed by atoms with E-state index in [0.717, 1.165) is 18.7 Å². The van der Waals surface area contributed by atoms with Gasteiger partial charge < -0.3 is 25.4 Å². The summed E-state index contributed by atoms with van der Waals surface area (Å²) < 4.78 is 10.7. The Balaban J connectivity index is 0.00000240. The van der Waals surface area contributed by atoms with Gasteiger partial charge in [-0.05, 0) is 48.8 Å². The Kier molecular flexibility index (Phi) is 6.61. The number of hydrogen-bond acceptors (Lipinski definition) is 5. The predicted molar refractivity (Wildman–Crippen MR) is 112 cm³/mol. The summed E-state index contributed by atoms with van der Waals surface area (Å²) in [5, 5.41) is 8.98. The summed E-state index contributed by atoms with van der Waals surface area (Å²) in [4.78, 5) is 25.2. The largest absolute Gasteiger partial charge is 0.454 e. The molecule has 3 N–H and O–H groups in total. The first-order chi connectivity index (χ1) is 13.6. The lowest BCUT2D eigenvalue weighted by Crippen LogP contribution is -2.48. The quantitative estimate of drug-likeness (QED) is 0.672. The minimum atomic E-state index is -0.244. The van der Waals surface area contributed by atoms with Crippen molar-refractivity contribution in [3.05, 3.63) is 53.6 Å². The van der Waals surface area contributed by atoms with Crippen molar-refractivity contribution >= 4 is 29.9 Å². The number of rotatable bonds is 6. The maximum atomic E-state index is 12.7. The van der Waals surface area contributed by atoms with E-state index in [0.29, 0.717) is 35.2 Å². The van der Waals surface area contributed by atoms with E-state index in [9.17, 15) is 9.59 Å². The zero-order chi connectivity index (χ0) is 19.5. The minimum Gasteiger partial charge on any atom is -0.454 e. The smallest absolute Gasteiger partial charge is 0.253 e. The first-order valence-electron chi connectivity index (χ1n) is 9.39. The van der Waals surface area contributed by atoms with Crippen molar-refractivity contribution in [1.82, 2.24) is 10.6 Å². The van der Waals surface area contributed by atoms with E-state index >= 15 is 0 Å². The molecule has 2 aliphatic rings. The first kappa shape index (κ1) is 21.0. The van der Waals surface area contributed by atoms with Crippen LogP contribution in [0.4, 0.5) is 5.69 Å². The van der Waals surface area contributed by atoms with Crippen LogP contribution in [0.3, 0.4) is 0 Å². The van der Waals surface area contributed by atoms with E-state index < -0.39 is 0 Å². The summed E-state index contributed by atoms with van der Waals surface area (Å²) in [6.07, 6.45) is 0. The normalized spacial score (nSPS) is 15.6. The van der Waals surface area contributed by atoms with E-state index in [-0.39, 0.29) is 36.9 Å². The molecule has 2 aromatic rings. The Bertz CT molecular complexity index is 901. The Morgan fingerprint density at radius 1 is 1.14 bits per heavy atom. The third kappa shape index (κ3) is 4.63. The van der Waals surface area contributed by atoms with Gasteiger partial charge in [-0.1, -0.05) is 25.1 Å². The summed E-state index contributed by atoms with van der Waals surface area (Å²) in [7, 11) is 0. The van der Waals surface area contributed by atoms with Gasteiger partial charge in [0.15, 0.2) is 11.5 Å². The van der Waals surface area contributed by atoms with E-state index in [1.807, 2.05) is 25.1 Å². The number of amides is 2. The summed E-state index contributed by atoms with van der Waals surface area (Å²) in [6, 6.07) is 12.6. The zero-order valence-corrected chi connectivity index (χ0v) is 16.9. The summed E-state index contributed by atoms with van der Waals surface area (Å²) >= 11 is 0. The number of hydrogen-bond donors (Lipinski definition) is 3. The zero-order valence-electron chi connectivity index (χ0n) is 16.1. The van der Waals surface area contributed by atoms with Crippen molar-refractivity contribution in [3.8, 4) is 11.5 Å². The Morgan fingerprint density at radius 2 is 1.90 bits per heavy atom. The third-order valence-electron chi connectivity index (χ3n) is 5.25. The van der Waals surface area contributed by atoms with Crippen LogP contribution in [-0.2, 0) is 11.3 Å². The molecule has 154 valence electrons. The van der Waals surface area contributed by atoms with E-state index in [1.54, 1.807) is 24.3 Å². The summed E-state index contributed by atoms with van der Waals surface area (Å²) in [6.45, 7) is 4.19. The van der Waals surface area contributed by atoms with Crippen LogP contribution in [0.25, 0.3) is 0 Å². The summed E-state index contributed by atoms with van der Waals surface area (Å²) in [5.41, 5.74) is 1.87. The van der Waals surface area contributed by atoms with Crippen LogP contribution < -0.4 is 25.4 Å². The highest BCUT2D eigenvalue weighted by Crippen LogP contribution is 2.32. The molecule has 1 fully saturated rings. The Labute approximate surface area is 175 Å². The molecule has 0 aromatic heterocycles. The monoisotopic (exact) mass is 417 g/mol. The van der Waals surface area contributed by atoms with Crippen LogP contribution >= 0.6 is 12.4 Å².